The molecule has 0 radical (unpaired) electrons. The van der Waals surface area contributed by atoms with E-state index in [1.165, 1.54) is 0 Å². The molecule has 6 heteroatoms. The second-order valence-corrected chi connectivity index (χ2v) is 4.15. The van der Waals surface area contributed by atoms with E-state index in [0.717, 1.165) is 0 Å². The molecule has 3 N–H and O–H groups in total. The van der Waals surface area contributed by atoms with Crippen LogP contribution in [0.1, 0.15) is 20.3 Å². The lowest BCUT2D eigenvalue weighted by Gasteiger charge is -2.18. The summed E-state index contributed by atoms with van der Waals surface area (Å²) in [7, 11) is 0. The number of carbonyl (C=O) groups excluding carboxylic acids is 1. The maximum atomic E-state index is 13.3. The monoisotopic (exact) mass is 260 g/mol. The van der Waals surface area contributed by atoms with Crippen LogP contribution in [0.2, 0.25) is 0 Å². The molecular formula is C12H15F3N2O. The fraction of sp³-hybridized carbons (Fsp3) is 0.417. The highest BCUT2D eigenvalue weighted by Gasteiger charge is 2.21. The van der Waals surface area contributed by atoms with Gasteiger partial charge in [-0.1, -0.05) is 20.3 Å². The third-order valence-electron chi connectivity index (χ3n) is 2.83. The van der Waals surface area contributed by atoms with Crippen molar-refractivity contribution >= 4 is 11.6 Å². The number of hydrogen-bond acceptors (Lipinski definition) is 2. The van der Waals surface area contributed by atoms with Crippen LogP contribution in [0.25, 0.3) is 0 Å². The summed E-state index contributed by atoms with van der Waals surface area (Å²) in [4.78, 5) is 11.6. The van der Waals surface area contributed by atoms with Crippen LogP contribution >= 0.6 is 0 Å². The van der Waals surface area contributed by atoms with Gasteiger partial charge in [-0.05, 0) is 5.92 Å². The number of hydrogen-bond donors (Lipinski definition) is 2. The molecule has 0 saturated heterocycles. The van der Waals surface area contributed by atoms with Gasteiger partial charge in [-0.3, -0.25) is 4.79 Å². The molecule has 1 aromatic carbocycles. The molecule has 0 spiro atoms. The molecule has 0 fully saturated rings. The molecule has 2 atom stereocenters. The minimum Gasteiger partial charge on any atom is -0.322 e. The number of rotatable bonds is 4. The Labute approximate surface area is 103 Å². The zero-order valence-corrected chi connectivity index (χ0v) is 10.1. The van der Waals surface area contributed by atoms with E-state index in [1.807, 2.05) is 6.92 Å². The van der Waals surface area contributed by atoms with Gasteiger partial charge in [-0.2, -0.15) is 0 Å². The molecule has 0 aliphatic rings. The lowest BCUT2D eigenvalue weighted by Crippen LogP contribution is -2.40. The third-order valence-corrected chi connectivity index (χ3v) is 2.83. The number of amides is 1. The fourth-order valence-corrected chi connectivity index (χ4v) is 1.35. The Morgan fingerprint density at radius 1 is 1.28 bits per heavy atom. The Kier molecular flexibility index (Phi) is 4.72. The van der Waals surface area contributed by atoms with Crippen molar-refractivity contribution in [3.05, 3.63) is 29.6 Å². The smallest absolute Gasteiger partial charge is 0.241 e. The lowest BCUT2D eigenvalue weighted by molar-refractivity contribution is -0.118. The fourth-order valence-electron chi connectivity index (χ4n) is 1.35. The van der Waals surface area contributed by atoms with Crippen LogP contribution in [-0.2, 0) is 4.79 Å². The Hall–Kier alpha value is -1.56. The van der Waals surface area contributed by atoms with Gasteiger partial charge in [0.2, 0.25) is 5.91 Å². The van der Waals surface area contributed by atoms with Gasteiger partial charge in [0, 0.05) is 12.1 Å². The van der Waals surface area contributed by atoms with Crippen molar-refractivity contribution in [2.45, 2.75) is 26.3 Å². The highest BCUT2D eigenvalue weighted by molar-refractivity contribution is 5.94. The predicted octanol–water partition coefficient (Wildman–Crippen LogP) is 2.42. The molecule has 3 nitrogen and oxygen atoms in total. The van der Waals surface area contributed by atoms with Crippen LogP contribution in [0.5, 0.6) is 0 Å². The van der Waals surface area contributed by atoms with Crippen molar-refractivity contribution in [1.82, 2.24) is 0 Å². The first-order chi connectivity index (χ1) is 8.36. The lowest BCUT2D eigenvalue weighted by atomic mass is 9.99. The van der Waals surface area contributed by atoms with Gasteiger partial charge in [0.05, 0.1) is 11.7 Å². The summed E-state index contributed by atoms with van der Waals surface area (Å²) in [5, 5.41) is 2.15. The average Bonchev–Trinajstić information content (AvgIpc) is 2.33. The Balaban J connectivity index is 2.85. The molecule has 0 bridgehead atoms. The standard InChI is InChI=1S/C12H15F3N2O/c1-3-6(2)11(16)12(18)17-10-5-8(14)7(13)4-9(10)15/h4-6,11H,3,16H2,1-2H3,(H,17,18)/t6-,11-/m0/s1. The van der Waals surface area contributed by atoms with E-state index in [0.29, 0.717) is 18.6 Å². The number of carbonyl (C=O) groups is 1. The molecule has 0 aliphatic heterocycles. The van der Waals surface area contributed by atoms with E-state index >= 15 is 0 Å². The van der Waals surface area contributed by atoms with Crippen molar-refractivity contribution < 1.29 is 18.0 Å². The number of nitrogens with one attached hydrogen (secondary N) is 1. The van der Waals surface area contributed by atoms with Crippen molar-refractivity contribution in [2.75, 3.05) is 5.32 Å². The summed E-state index contributed by atoms with van der Waals surface area (Å²) in [5.74, 6) is -4.31. The Bertz CT molecular complexity index is 451. The summed E-state index contributed by atoms with van der Waals surface area (Å²) in [5.41, 5.74) is 5.22. The van der Waals surface area contributed by atoms with Crippen LogP contribution < -0.4 is 11.1 Å². The van der Waals surface area contributed by atoms with Crippen molar-refractivity contribution in [3.8, 4) is 0 Å². The molecule has 0 heterocycles. The van der Waals surface area contributed by atoms with Crippen LogP contribution in [0.15, 0.2) is 12.1 Å². The number of benzene rings is 1. The van der Waals surface area contributed by atoms with Crippen molar-refractivity contribution in [1.29, 1.82) is 0 Å². The number of anilines is 1. The molecular weight excluding hydrogens is 245 g/mol. The second kappa shape index (κ2) is 5.86. The van der Waals surface area contributed by atoms with Gasteiger partial charge < -0.3 is 11.1 Å². The molecule has 100 valence electrons. The summed E-state index contributed by atoms with van der Waals surface area (Å²) < 4.78 is 38.9. The van der Waals surface area contributed by atoms with E-state index in [9.17, 15) is 18.0 Å². The summed E-state index contributed by atoms with van der Waals surface area (Å²) in [6.45, 7) is 3.63. The molecule has 1 rings (SSSR count). The average molecular weight is 260 g/mol. The maximum Gasteiger partial charge on any atom is 0.241 e. The van der Waals surface area contributed by atoms with Crippen molar-refractivity contribution in [3.63, 3.8) is 0 Å². The summed E-state index contributed by atoms with van der Waals surface area (Å²) >= 11 is 0. The zero-order valence-electron chi connectivity index (χ0n) is 10.1. The molecule has 0 aliphatic carbocycles. The molecule has 1 aromatic rings. The Morgan fingerprint density at radius 2 is 1.83 bits per heavy atom. The molecule has 18 heavy (non-hydrogen) atoms. The summed E-state index contributed by atoms with van der Waals surface area (Å²) in [6.07, 6.45) is 0.675. The van der Waals surface area contributed by atoms with Gasteiger partial charge >= 0.3 is 0 Å². The number of nitrogens with two attached hydrogens (primary N) is 1. The van der Waals surface area contributed by atoms with Crippen LogP contribution in [0.3, 0.4) is 0 Å². The SMILES string of the molecule is CC[C@H](C)[C@H](N)C(=O)Nc1cc(F)c(F)cc1F. The minimum atomic E-state index is -1.31. The van der Waals surface area contributed by atoms with E-state index in [1.54, 1.807) is 6.92 Å². The highest BCUT2D eigenvalue weighted by Crippen LogP contribution is 2.19. The van der Waals surface area contributed by atoms with E-state index in [4.69, 9.17) is 5.73 Å². The van der Waals surface area contributed by atoms with Crippen LogP contribution in [0.4, 0.5) is 18.9 Å². The highest BCUT2D eigenvalue weighted by atomic mass is 19.2. The topological polar surface area (TPSA) is 55.1 Å². The first kappa shape index (κ1) is 14.5. The molecule has 0 saturated carbocycles. The van der Waals surface area contributed by atoms with Crippen molar-refractivity contribution in [2.24, 2.45) is 11.7 Å². The quantitative estimate of drug-likeness (QED) is 0.817. The normalized spacial score (nSPS) is 14.1. The summed E-state index contributed by atoms with van der Waals surface area (Å²) in [6, 6.07) is 0.133. The van der Waals surface area contributed by atoms with E-state index < -0.39 is 35.1 Å². The zero-order chi connectivity index (χ0) is 13.9. The van der Waals surface area contributed by atoms with Gasteiger partial charge in [-0.15, -0.1) is 0 Å². The van der Waals surface area contributed by atoms with Crippen LogP contribution in [0, 0.1) is 23.4 Å². The molecule has 1 amide bonds. The first-order valence-corrected chi connectivity index (χ1v) is 5.57. The van der Waals surface area contributed by atoms with E-state index in [-0.39, 0.29) is 5.92 Å². The predicted molar refractivity (Wildman–Crippen MR) is 62.4 cm³/mol. The van der Waals surface area contributed by atoms with Crippen LogP contribution in [-0.4, -0.2) is 11.9 Å². The van der Waals surface area contributed by atoms with Gasteiger partial charge in [0.15, 0.2) is 11.6 Å². The van der Waals surface area contributed by atoms with E-state index in [2.05, 4.69) is 5.32 Å². The third kappa shape index (κ3) is 3.22. The number of halogens is 3. The van der Waals surface area contributed by atoms with Gasteiger partial charge in [0.1, 0.15) is 5.82 Å². The second-order valence-electron chi connectivity index (χ2n) is 4.15. The van der Waals surface area contributed by atoms with Gasteiger partial charge in [-0.25, -0.2) is 13.2 Å². The maximum absolute atomic E-state index is 13.3. The molecule has 0 unspecified atom stereocenters. The molecule has 0 aromatic heterocycles. The Morgan fingerprint density at radius 3 is 2.39 bits per heavy atom. The first-order valence-electron chi connectivity index (χ1n) is 5.57. The minimum absolute atomic E-state index is 0.0987. The van der Waals surface area contributed by atoms with Gasteiger partial charge in [0.25, 0.3) is 0 Å². The largest absolute Gasteiger partial charge is 0.322 e.